The summed E-state index contributed by atoms with van der Waals surface area (Å²) in [7, 11) is 1.76. The van der Waals surface area contributed by atoms with Crippen LogP contribution in [-0.4, -0.2) is 33.4 Å². The van der Waals surface area contributed by atoms with Crippen molar-refractivity contribution in [1.29, 1.82) is 0 Å². The lowest BCUT2D eigenvalue weighted by atomic mass is 10.1. The van der Waals surface area contributed by atoms with Gasteiger partial charge in [0.25, 0.3) is 5.91 Å². The van der Waals surface area contributed by atoms with E-state index >= 15 is 0 Å². The van der Waals surface area contributed by atoms with Gasteiger partial charge in [0.1, 0.15) is 5.69 Å². The summed E-state index contributed by atoms with van der Waals surface area (Å²) in [4.78, 5) is 12.3. The normalized spacial score (nSPS) is 12.2. The summed E-state index contributed by atoms with van der Waals surface area (Å²) in [5.74, 6) is -0.216. The molecule has 0 aliphatic carbocycles. The number of carbonyl (C=O) groups excluding carboxylic acids is 1. The Hall–Kier alpha value is -1.85. The van der Waals surface area contributed by atoms with Crippen LogP contribution in [0.3, 0.4) is 0 Å². The number of aliphatic hydroxyl groups excluding tert-OH is 1. The van der Waals surface area contributed by atoms with Crippen molar-refractivity contribution in [2.24, 2.45) is 7.05 Å². The smallest absolute Gasteiger partial charge is 0.255 e. The van der Waals surface area contributed by atoms with E-state index < -0.39 is 6.10 Å². The molecule has 1 amide bonds. The minimum absolute atomic E-state index is 0.216. The molecular weight excluding hydrogens is 302 g/mol. The average Bonchev–Trinajstić information content (AvgIpc) is 2.89. The fraction of sp³-hybridized carbons (Fsp3) is 0.375. The summed E-state index contributed by atoms with van der Waals surface area (Å²) in [5.41, 5.74) is 1.76. The Morgan fingerprint density at radius 2 is 2.18 bits per heavy atom. The highest BCUT2D eigenvalue weighted by Gasteiger charge is 2.18. The number of aryl methyl sites for hydroxylation is 1. The number of amides is 1. The summed E-state index contributed by atoms with van der Waals surface area (Å²) in [6.45, 7) is 2.33. The molecule has 5 nitrogen and oxygen atoms in total. The van der Waals surface area contributed by atoms with Gasteiger partial charge in [-0.25, -0.2) is 0 Å². The molecule has 6 heteroatoms. The highest BCUT2D eigenvalue weighted by atomic mass is 35.5. The van der Waals surface area contributed by atoms with Crippen LogP contribution in [0.25, 0.3) is 11.3 Å². The molecule has 1 atom stereocenters. The first-order valence-corrected chi connectivity index (χ1v) is 7.65. The number of nitrogens with one attached hydrogen (secondary N) is 1. The summed E-state index contributed by atoms with van der Waals surface area (Å²) in [5, 5.41) is 17.2. The fourth-order valence-corrected chi connectivity index (χ4v) is 2.38. The van der Waals surface area contributed by atoms with Crippen LogP contribution >= 0.6 is 11.6 Å². The van der Waals surface area contributed by atoms with Gasteiger partial charge in [0.15, 0.2) is 0 Å². The Morgan fingerprint density at radius 3 is 2.86 bits per heavy atom. The predicted molar refractivity (Wildman–Crippen MR) is 86.9 cm³/mol. The van der Waals surface area contributed by atoms with Gasteiger partial charge in [-0.05, 0) is 18.9 Å². The Balaban J connectivity index is 2.18. The third-order valence-corrected chi connectivity index (χ3v) is 3.77. The zero-order valence-corrected chi connectivity index (χ0v) is 13.5. The molecule has 1 aromatic heterocycles. The van der Waals surface area contributed by atoms with Crippen LogP contribution in [0.2, 0.25) is 5.02 Å². The van der Waals surface area contributed by atoms with E-state index in [4.69, 9.17) is 11.6 Å². The van der Waals surface area contributed by atoms with E-state index in [-0.39, 0.29) is 5.91 Å². The van der Waals surface area contributed by atoms with Crippen molar-refractivity contribution in [3.8, 4) is 11.3 Å². The molecule has 0 aliphatic rings. The summed E-state index contributed by atoms with van der Waals surface area (Å²) < 4.78 is 1.59. The van der Waals surface area contributed by atoms with Crippen molar-refractivity contribution < 1.29 is 9.90 Å². The van der Waals surface area contributed by atoms with E-state index in [2.05, 4.69) is 10.4 Å². The molecule has 0 bridgehead atoms. The van der Waals surface area contributed by atoms with Gasteiger partial charge in [0.2, 0.25) is 0 Å². The summed E-state index contributed by atoms with van der Waals surface area (Å²) >= 11 is 6.20. The molecule has 2 aromatic rings. The number of hydrogen-bond acceptors (Lipinski definition) is 3. The van der Waals surface area contributed by atoms with Crippen LogP contribution in [0.1, 0.15) is 30.1 Å². The number of carbonyl (C=O) groups is 1. The predicted octanol–water partition coefficient (Wildman–Crippen LogP) is 2.63. The quantitative estimate of drug-likeness (QED) is 0.859. The third-order valence-electron chi connectivity index (χ3n) is 3.44. The Labute approximate surface area is 134 Å². The molecule has 0 radical (unpaired) electrons. The SMILES string of the molecule is CCC(O)CCNC(=O)c1cn(C)nc1-c1ccccc1Cl. The van der Waals surface area contributed by atoms with E-state index in [1.807, 2.05) is 25.1 Å². The van der Waals surface area contributed by atoms with Crippen molar-refractivity contribution in [1.82, 2.24) is 15.1 Å². The largest absolute Gasteiger partial charge is 0.393 e. The third kappa shape index (κ3) is 3.87. The van der Waals surface area contributed by atoms with Crippen molar-refractivity contribution >= 4 is 17.5 Å². The van der Waals surface area contributed by atoms with Gasteiger partial charge < -0.3 is 10.4 Å². The molecule has 0 spiro atoms. The molecule has 1 aromatic carbocycles. The van der Waals surface area contributed by atoms with Crippen LogP contribution in [0.4, 0.5) is 0 Å². The van der Waals surface area contributed by atoms with Crippen molar-refractivity contribution in [2.75, 3.05) is 6.54 Å². The van der Waals surface area contributed by atoms with Gasteiger partial charge in [0.05, 0.1) is 16.7 Å². The Kier molecular flexibility index (Phi) is 5.57. The number of aliphatic hydroxyl groups is 1. The second kappa shape index (κ2) is 7.42. The maximum absolute atomic E-state index is 12.3. The second-order valence-electron chi connectivity index (χ2n) is 5.15. The fourth-order valence-electron chi connectivity index (χ4n) is 2.16. The zero-order chi connectivity index (χ0) is 16.1. The lowest BCUT2D eigenvalue weighted by molar-refractivity contribution is 0.0942. The molecule has 118 valence electrons. The topological polar surface area (TPSA) is 67.2 Å². The second-order valence-corrected chi connectivity index (χ2v) is 5.56. The maximum atomic E-state index is 12.3. The number of nitrogens with zero attached hydrogens (tertiary/aromatic N) is 2. The standard InChI is InChI=1S/C16H20ClN3O2/c1-3-11(21)8-9-18-16(22)13-10-20(2)19-15(13)12-6-4-5-7-14(12)17/h4-7,10-11,21H,3,8-9H2,1-2H3,(H,18,22). The first-order chi connectivity index (χ1) is 10.5. The monoisotopic (exact) mass is 321 g/mol. The first kappa shape index (κ1) is 16.5. The number of rotatable bonds is 6. The molecular formula is C16H20ClN3O2. The van der Waals surface area contributed by atoms with Gasteiger partial charge in [-0.2, -0.15) is 5.10 Å². The van der Waals surface area contributed by atoms with Crippen LogP contribution in [0, 0.1) is 0 Å². The van der Waals surface area contributed by atoms with Crippen LogP contribution in [0.5, 0.6) is 0 Å². The molecule has 1 unspecified atom stereocenters. The molecule has 22 heavy (non-hydrogen) atoms. The minimum Gasteiger partial charge on any atom is -0.393 e. The highest BCUT2D eigenvalue weighted by Crippen LogP contribution is 2.28. The van der Waals surface area contributed by atoms with E-state index in [0.717, 1.165) is 5.56 Å². The van der Waals surface area contributed by atoms with Gasteiger partial charge in [-0.15, -0.1) is 0 Å². The van der Waals surface area contributed by atoms with Crippen LogP contribution in [-0.2, 0) is 7.05 Å². The van der Waals surface area contributed by atoms with E-state index in [1.165, 1.54) is 0 Å². The molecule has 0 saturated carbocycles. The molecule has 0 fully saturated rings. The van der Waals surface area contributed by atoms with Gasteiger partial charge >= 0.3 is 0 Å². The number of hydrogen-bond donors (Lipinski definition) is 2. The molecule has 1 heterocycles. The first-order valence-electron chi connectivity index (χ1n) is 7.27. The number of benzene rings is 1. The van der Waals surface area contributed by atoms with Crippen molar-refractivity contribution in [2.45, 2.75) is 25.9 Å². The Bertz CT molecular complexity index is 655. The van der Waals surface area contributed by atoms with Gasteiger partial charge in [-0.3, -0.25) is 9.48 Å². The number of aromatic nitrogens is 2. The minimum atomic E-state index is -0.391. The lowest BCUT2D eigenvalue weighted by Gasteiger charge is -2.09. The average molecular weight is 322 g/mol. The van der Waals surface area contributed by atoms with E-state index in [9.17, 15) is 9.90 Å². The Morgan fingerprint density at radius 1 is 1.45 bits per heavy atom. The van der Waals surface area contributed by atoms with Gasteiger partial charge in [-0.1, -0.05) is 36.7 Å². The highest BCUT2D eigenvalue weighted by molar-refractivity contribution is 6.33. The van der Waals surface area contributed by atoms with E-state index in [1.54, 1.807) is 24.0 Å². The molecule has 0 aliphatic heterocycles. The zero-order valence-electron chi connectivity index (χ0n) is 12.7. The van der Waals surface area contributed by atoms with Gasteiger partial charge in [0, 0.05) is 25.4 Å². The molecule has 2 N–H and O–H groups in total. The molecule has 2 rings (SSSR count). The maximum Gasteiger partial charge on any atom is 0.255 e. The van der Waals surface area contributed by atoms with Crippen molar-refractivity contribution in [3.63, 3.8) is 0 Å². The summed E-state index contributed by atoms with van der Waals surface area (Å²) in [6, 6.07) is 7.29. The van der Waals surface area contributed by atoms with Crippen LogP contribution < -0.4 is 5.32 Å². The van der Waals surface area contributed by atoms with Crippen molar-refractivity contribution in [3.05, 3.63) is 41.0 Å². The molecule has 0 saturated heterocycles. The van der Waals surface area contributed by atoms with Crippen LogP contribution in [0.15, 0.2) is 30.5 Å². The number of halogens is 1. The van der Waals surface area contributed by atoms with E-state index in [0.29, 0.717) is 35.7 Å². The summed E-state index contributed by atoms with van der Waals surface area (Å²) in [6.07, 6.45) is 2.49. The lowest BCUT2D eigenvalue weighted by Crippen LogP contribution is -2.27.